The Balaban J connectivity index is 2.40. The molecule has 0 aliphatic heterocycles. The lowest BCUT2D eigenvalue weighted by Crippen LogP contribution is -2.09. The summed E-state index contributed by atoms with van der Waals surface area (Å²) in [5, 5.41) is 0. The topological polar surface area (TPSA) is 53.1 Å². The summed E-state index contributed by atoms with van der Waals surface area (Å²) in [6, 6.07) is 6.24. The fraction of sp³-hybridized carbons (Fsp3) is 0.462. The van der Waals surface area contributed by atoms with Gasteiger partial charge in [-0.05, 0) is 37.5 Å². The molecule has 0 aliphatic rings. The second kappa shape index (κ2) is 5.52. The molecule has 0 fully saturated rings. The fourth-order valence-corrected chi connectivity index (χ4v) is 2.68. The van der Waals surface area contributed by atoms with Crippen molar-refractivity contribution < 1.29 is 4.74 Å². The average Bonchev–Trinajstić information content (AvgIpc) is 2.70. The summed E-state index contributed by atoms with van der Waals surface area (Å²) in [6.07, 6.45) is 3.20. The van der Waals surface area contributed by atoms with E-state index in [0.717, 1.165) is 29.0 Å². The highest BCUT2D eigenvalue weighted by Gasteiger charge is 2.14. The summed E-state index contributed by atoms with van der Waals surface area (Å²) in [6.45, 7) is 2.18. The Morgan fingerprint density at radius 1 is 1.50 bits per heavy atom. The van der Waals surface area contributed by atoms with Crippen LogP contribution in [0, 0.1) is 0 Å². The molecule has 18 heavy (non-hydrogen) atoms. The normalized spacial score (nSPS) is 12.8. The Kier molecular flexibility index (Phi) is 4.01. The molecule has 0 aliphatic carbocycles. The molecule has 1 atom stereocenters. The number of hydrogen-bond donors (Lipinski definition) is 1. The summed E-state index contributed by atoms with van der Waals surface area (Å²) >= 11 is 1.85. The van der Waals surface area contributed by atoms with Gasteiger partial charge in [-0.15, -0.1) is 0 Å². The van der Waals surface area contributed by atoms with Gasteiger partial charge >= 0.3 is 0 Å². The predicted molar refractivity (Wildman–Crippen MR) is 78.4 cm³/mol. The van der Waals surface area contributed by atoms with E-state index in [4.69, 9.17) is 10.5 Å². The Bertz CT molecular complexity index is 538. The quantitative estimate of drug-likeness (QED) is 0.903. The molecule has 0 amide bonds. The molecule has 2 aromatic rings. The molecule has 0 saturated heterocycles. The summed E-state index contributed by atoms with van der Waals surface area (Å²) < 4.78 is 7.31. The van der Waals surface area contributed by atoms with Crippen molar-refractivity contribution in [2.45, 2.75) is 19.4 Å². The van der Waals surface area contributed by atoms with E-state index in [0.29, 0.717) is 12.0 Å². The molecule has 1 aromatic heterocycles. The summed E-state index contributed by atoms with van der Waals surface area (Å²) in [7, 11) is 1.66. The maximum Gasteiger partial charge on any atom is 0.201 e. The van der Waals surface area contributed by atoms with Crippen molar-refractivity contribution in [2.24, 2.45) is 0 Å². The molecule has 0 saturated carbocycles. The molecule has 2 N–H and O–H groups in total. The summed E-state index contributed by atoms with van der Waals surface area (Å²) in [4.78, 5) is 4.40. The van der Waals surface area contributed by atoms with Crippen molar-refractivity contribution in [3.8, 4) is 5.75 Å². The second-order valence-electron chi connectivity index (χ2n) is 4.33. The number of ether oxygens (including phenoxy) is 1. The van der Waals surface area contributed by atoms with Crippen LogP contribution in [0.15, 0.2) is 18.2 Å². The van der Waals surface area contributed by atoms with Gasteiger partial charge in [0.05, 0.1) is 18.1 Å². The van der Waals surface area contributed by atoms with Crippen LogP contribution in [0.25, 0.3) is 11.0 Å². The first-order valence-electron chi connectivity index (χ1n) is 5.97. The molecule has 98 valence electrons. The van der Waals surface area contributed by atoms with Gasteiger partial charge in [-0.3, -0.25) is 0 Å². The lowest BCUT2D eigenvalue weighted by Gasteiger charge is -2.15. The van der Waals surface area contributed by atoms with Crippen LogP contribution in [-0.2, 0) is 0 Å². The van der Waals surface area contributed by atoms with Crippen molar-refractivity contribution >= 4 is 28.7 Å². The Labute approximate surface area is 112 Å². The summed E-state index contributed by atoms with van der Waals surface area (Å²) in [5.41, 5.74) is 7.98. The van der Waals surface area contributed by atoms with Crippen molar-refractivity contribution in [1.82, 2.24) is 9.55 Å². The Morgan fingerprint density at radius 2 is 2.28 bits per heavy atom. The predicted octanol–water partition coefficient (Wildman–Crippen LogP) is 2.94. The maximum atomic E-state index is 6.02. The van der Waals surface area contributed by atoms with Crippen molar-refractivity contribution in [1.29, 1.82) is 0 Å². The third-order valence-corrected chi connectivity index (χ3v) is 3.75. The number of nitrogen functional groups attached to an aromatic ring is 1. The molecule has 1 aromatic carbocycles. The number of fused-ring (bicyclic) bond motifs is 1. The van der Waals surface area contributed by atoms with E-state index in [1.54, 1.807) is 7.11 Å². The second-order valence-corrected chi connectivity index (χ2v) is 5.31. The molecule has 4 nitrogen and oxygen atoms in total. The molecule has 0 spiro atoms. The number of nitrogens with zero attached hydrogens (tertiary/aromatic N) is 2. The van der Waals surface area contributed by atoms with Gasteiger partial charge in [0.25, 0.3) is 0 Å². The highest BCUT2D eigenvalue weighted by molar-refractivity contribution is 7.98. The number of anilines is 1. The SMILES string of the molecule is COc1ccc2c(c1)nc(N)n2C(C)CCSC. The van der Waals surface area contributed by atoms with E-state index in [1.165, 1.54) is 0 Å². The van der Waals surface area contributed by atoms with Crippen LogP contribution in [0.1, 0.15) is 19.4 Å². The third kappa shape index (κ3) is 2.41. The number of imidazole rings is 1. The monoisotopic (exact) mass is 265 g/mol. The highest BCUT2D eigenvalue weighted by atomic mass is 32.2. The van der Waals surface area contributed by atoms with Crippen LogP contribution >= 0.6 is 11.8 Å². The zero-order valence-corrected chi connectivity index (χ0v) is 11.8. The van der Waals surface area contributed by atoms with Gasteiger partial charge in [0, 0.05) is 12.1 Å². The van der Waals surface area contributed by atoms with Gasteiger partial charge in [0.2, 0.25) is 5.95 Å². The molecule has 1 unspecified atom stereocenters. The van der Waals surface area contributed by atoms with Crippen molar-refractivity contribution in [3.05, 3.63) is 18.2 Å². The summed E-state index contributed by atoms with van der Waals surface area (Å²) in [5.74, 6) is 2.51. The van der Waals surface area contributed by atoms with Gasteiger partial charge in [0.1, 0.15) is 5.75 Å². The van der Waals surface area contributed by atoms with E-state index in [-0.39, 0.29) is 0 Å². The Hall–Kier alpha value is -1.36. The minimum Gasteiger partial charge on any atom is -0.497 e. The number of hydrogen-bond acceptors (Lipinski definition) is 4. The van der Waals surface area contributed by atoms with Crippen LogP contribution in [0.3, 0.4) is 0 Å². The van der Waals surface area contributed by atoms with Gasteiger partial charge in [-0.1, -0.05) is 0 Å². The van der Waals surface area contributed by atoms with Gasteiger partial charge in [-0.25, -0.2) is 4.98 Å². The fourth-order valence-electron chi connectivity index (χ4n) is 2.10. The minimum absolute atomic E-state index is 0.357. The molecule has 5 heteroatoms. The van der Waals surface area contributed by atoms with Gasteiger partial charge in [-0.2, -0.15) is 11.8 Å². The minimum atomic E-state index is 0.357. The van der Waals surface area contributed by atoms with E-state index in [9.17, 15) is 0 Å². The van der Waals surface area contributed by atoms with E-state index in [1.807, 2.05) is 30.0 Å². The van der Waals surface area contributed by atoms with Crippen molar-refractivity contribution in [2.75, 3.05) is 24.9 Å². The lowest BCUT2D eigenvalue weighted by molar-refractivity contribution is 0.415. The maximum absolute atomic E-state index is 6.02. The highest BCUT2D eigenvalue weighted by Crippen LogP contribution is 2.27. The van der Waals surface area contributed by atoms with Crippen molar-refractivity contribution in [3.63, 3.8) is 0 Å². The number of methoxy groups -OCH3 is 1. The average molecular weight is 265 g/mol. The molecule has 0 bridgehead atoms. The zero-order chi connectivity index (χ0) is 13.1. The van der Waals surface area contributed by atoms with E-state index in [2.05, 4.69) is 22.7 Å². The smallest absolute Gasteiger partial charge is 0.201 e. The number of benzene rings is 1. The van der Waals surface area contributed by atoms with E-state index >= 15 is 0 Å². The van der Waals surface area contributed by atoms with Crippen LogP contribution in [0.4, 0.5) is 5.95 Å². The number of nitrogens with two attached hydrogens (primary N) is 1. The zero-order valence-electron chi connectivity index (χ0n) is 11.0. The first kappa shape index (κ1) is 13.1. The number of thioether (sulfide) groups is 1. The van der Waals surface area contributed by atoms with E-state index < -0.39 is 0 Å². The van der Waals surface area contributed by atoms with Gasteiger partial charge < -0.3 is 15.0 Å². The largest absolute Gasteiger partial charge is 0.497 e. The molecule has 2 rings (SSSR count). The number of rotatable bonds is 5. The van der Waals surface area contributed by atoms with Crippen LogP contribution in [0.5, 0.6) is 5.75 Å². The van der Waals surface area contributed by atoms with Crippen LogP contribution in [0.2, 0.25) is 0 Å². The lowest BCUT2D eigenvalue weighted by atomic mass is 10.2. The van der Waals surface area contributed by atoms with Crippen LogP contribution in [-0.4, -0.2) is 28.7 Å². The molecule has 1 heterocycles. The van der Waals surface area contributed by atoms with Gasteiger partial charge in [0.15, 0.2) is 0 Å². The third-order valence-electron chi connectivity index (χ3n) is 3.10. The first-order chi connectivity index (χ1) is 8.67. The van der Waals surface area contributed by atoms with Crippen LogP contribution < -0.4 is 10.5 Å². The number of aromatic nitrogens is 2. The molecular formula is C13H19N3OS. The molecular weight excluding hydrogens is 246 g/mol. The standard InChI is InChI=1S/C13H19N3OS/c1-9(6-7-18-3)16-12-5-4-10(17-2)8-11(12)15-13(16)14/h4-5,8-9H,6-7H2,1-3H3,(H2,14,15). The first-order valence-corrected chi connectivity index (χ1v) is 7.37. The molecule has 0 radical (unpaired) electrons. The Morgan fingerprint density at radius 3 is 2.94 bits per heavy atom.